The van der Waals surface area contributed by atoms with Crippen LogP contribution in [0.25, 0.3) is 0 Å². The smallest absolute Gasteiger partial charge is 0.249 e. The molecule has 0 aromatic carbocycles. The first-order valence-electron chi connectivity index (χ1n) is 7.54. The second-order valence-corrected chi connectivity index (χ2v) is 7.10. The summed E-state index contributed by atoms with van der Waals surface area (Å²) in [5.74, 6) is 0.152. The number of carbonyl (C=O) groups excluding carboxylic acids is 2. The molecule has 1 spiro atoms. The van der Waals surface area contributed by atoms with Gasteiger partial charge in [0, 0.05) is 5.38 Å². The van der Waals surface area contributed by atoms with E-state index in [0.717, 1.165) is 31.4 Å². The topological polar surface area (TPSA) is 62.3 Å². The lowest BCUT2D eigenvalue weighted by Gasteiger charge is -2.45. The lowest BCUT2D eigenvalue weighted by atomic mass is 9.87. The number of carbonyl (C=O) groups is 2. The van der Waals surface area contributed by atoms with Gasteiger partial charge in [-0.1, -0.05) is 26.7 Å². The number of hydrogen-bond donors (Lipinski definition) is 1. The van der Waals surface area contributed by atoms with Gasteiger partial charge < -0.3 is 10.2 Å². The van der Waals surface area contributed by atoms with Crippen LogP contribution in [-0.4, -0.2) is 33.3 Å². The summed E-state index contributed by atoms with van der Waals surface area (Å²) in [4.78, 5) is 31.6. The molecule has 1 aliphatic carbocycles. The van der Waals surface area contributed by atoms with Gasteiger partial charge in [0.1, 0.15) is 11.6 Å². The normalized spacial score (nSPS) is 24.9. The van der Waals surface area contributed by atoms with E-state index in [1.165, 1.54) is 11.3 Å². The molecule has 2 amide bonds. The minimum atomic E-state index is -0.654. The van der Waals surface area contributed by atoms with Gasteiger partial charge in [0.05, 0.1) is 17.7 Å². The second-order valence-electron chi connectivity index (χ2n) is 6.38. The average Bonchev–Trinajstić information content (AvgIpc) is 3.07. The van der Waals surface area contributed by atoms with Crippen LogP contribution in [0, 0.1) is 5.92 Å². The molecule has 2 heterocycles. The average molecular weight is 307 g/mol. The number of amides is 2. The molecule has 1 unspecified atom stereocenters. The van der Waals surface area contributed by atoms with Crippen molar-refractivity contribution in [2.45, 2.75) is 57.7 Å². The first kappa shape index (κ1) is 14.5. The predicted octanol–water partition coefficient (Wildman–Crippen LogP) is 1.94. The molecule has 1 atom stereocenters. The Morgan fingerprint density at radius 3 is 2.71 bits per heavy atom. The van der Waals surface area contributed by atoms with E-state index in [9.17, 15) is 9.59 Å². The quantitative estimate of drug-likeness (QED) is 0.928. The fourth-order valence-corrected chi connectivity index (χ4v) is 4.10. The summed E-state index contributed by atoms with van der Waals surface area (Å²) in [6.07, 6.45) is 3.53. The number of aromatic nitrogens is 1. The Labute approximate surface area is 128 Å². The lowest BCUT2D eigenvalue weighted by Crippen LogP contribution is -2.70. The van der Waals surface area contributed by atoms with Gasteiger partial charge in [-0.05, 0) is 18.8 Å². The van der Waals surface area contributed by atoms with Crippen LogP contribution in [0.1, 0.15) is 45.2 Å². The minimum absolute atomic E-state index is 0.0123. The van der Waals surface area contributed by atoms with Crippen LogP contribution in [0.2, 0.25) is 0 Å². The van der Waals surface area contributed by atoms with E-state index in [1.54, 1.807) is 10.4 Å². The monoisotopic (exact) mass is 307 g/mol. The Balaban J connectivity index is 1.92. The fraction of sp³-hybridized carbons (Fsp3) is 0.667. The van der Waals surface area contributed by atoms with Crippen molar-refractivity contribution in [1.29, 1.82) is 0 Å². The number of nitrogens with zero attached hydrogens (tertiary/aromatic N) is 2. The summed E-state index contributed by atoms with van der Waals surface area (Å²) in [5, 5.41) is 4.98. The number of piperazine rings is 1. The van der Waals surface area contributed by atoms with Gasteiger partial charge >= 0.3 is 0 Å². The van der Waals surface area contributed by atoms with Gasteiger partial charge in [-0.15, -0.1) is 11.3 Å². The van der Waals surface area contributed by atoms with Crippen molar-refractivity contribution in [3.05, 3.63) is 16.6 Å². The van der Waals surface area contributed by atoms with Crippen molar-refractivity contribution in [2.24, 2.45) is 5.92 Å². The van der Waals surface area contributed by atoms with Crippen molar-refractivity contribution < 1.29 is 9.59 Å². The Morgan fingerprint density at radius 2 is 2.14 bits per heavy atom. The van der Waals surface area contributed by atoms with Crippen LogP contribution in [-0.2, 0) is 16.1 Å². The van der Waals surface area contributed by atoms with Crippen LogP contribution in [0.4, 0.5) is 0 Å². The second kappa shape index (κ2) is 5.40. The Morgan fingerprint density at radius 1 is 1.43 bits per heavy atom. The van der Waals surface area contributed by atoms with E-state index in [1.807, 2.05) is 19.2 Å². The molecular weight excluding hydrogens is 286 g/mol. The van der Waals surface area contributed by atoms with Crippen molar-refractivity contribution in [1.82, 2.24) is 15.2 Å². The van der Waals surface area contributed by atoms with E-state index in [4.69, 9.17) is 0 Å². The Bertz CT molecular complexity index is 535. The Kier molecular flexibility index (Phi) is 3.73. The van der Waals surface area contributed by atoms with Crippen LogP contribution in [0.3, 0.4) is 0 Å². The summed E-state index contributed by atoms with van der Waals surface area (Å²) in [6.45, 7) is 4.40. The molecule has 0 radical (unpaired) electrons. The van der Waals surface area contributed by atoms with Gasteiger partial charge in [0.2, 0.25) is 11.8 Å². The van der Waals surface area contributed by atoms with Crippen molar-refractivity contribution in [3.63, 3.8) is 0 Å². The molecule has 5 nitrogen and oxygen atoms in total. The first-order valence-corrected chi connectivity index (χ1v) is 8.48. The third-order valence-electron chi connectivity index (χ3n) is 4.54. The molecule has 2 aliphatic rings. The molecule has 3 rings (SSSR count). The summed E-state index contributed by atoms with van der Waals surface area (Å²) in [6, 6.07) is -0.398. The molecule has 2 fully saturated rings. The van der Waals surface area contributed by atoms with E-state index < -0.39 is 11.6 Å². The molecule has 1 aliphatic heterocycles. The molecule has 1 aromatic rings. The maximum atomic E-state index is 13.0. The van der Waals surface area contributed by atoms with Gasteiger partial charge in [-0.25, -0.2) is 4.98 Å². The van der Waals surface area contributed by atoms with Crippen molar-refractivity contribution in [2.75, 3.05) is 0 Å². The maximum absolute atomic E-state index is 13.0. The van der Waals surface area contributed by atoms with E-state index in [2.05, 4.69) is 10.3 Å². The summed E-state index contributed by atoms with van der Waals surface area (Å²) in [5.41, 5.74) is 1.97. The van der Waals surface area contributed by atoms with Crippen molar-refractivity contribution >= 4 is 23.2 Å². The van der Waals surface area contributed by atoms with E-state index in [0.29, 0.717) is 6.54 Å². The zero-order chi connectivity index (χ0) is 15.0. The standard InChI is InChI=1S/C15H21N3O2S/c1-10(2)12-13(19)17-15(5-3-4-6-15)14(20)18(12)7-11-8-21-9-16-11/h8-10,12H,3-7H2,1-2H3,(H,17,19). The Hall–Kier alpha value is -1.43. The predicted molar refractivity (Wildman–Crippen MR) is 80.6 cm³/mol. The van der Waals surface area contributed by atoms with E-state index in [-0.39, 0.29) is 17.7 Å². The zero-order valence-electron chi connectivity index (χ0n) is 12.5. The zero-order valence-corrected chi connectivity index (χ0v) is 13.3. The lowest BCUT2D eigenvalue weighted by molar-refractivity contribution is -0.157. The molecular formula is C15H21N3O2S. The molecule has 1 N–H and O–H groups in total. The number of nitrogens with one attached hydrogen (secondary N) is 1. The highest BCUT2D eigenvalue weighted by atomic mass is 32.1. The largest absolute Gasteiger partial charge is 0.340 e. The van der Waals surface area contributed by atoms with Gasteiger partial charge in [0.25, 0.3) is 0 Å². The van der Waals surface area contributed by atoms with Gasteiger partial charge in [-0.2, -0.15) is 0 Å². The minimum Gasteiger partial charge on any atom is -0.340 e. The first-order chi connectivity index (χ1) is 10.0. The van der Waals surface area contributed by atoms with E-state index >= 15 is 0 Å². The molecule has 0 bridgehead atoms. The fourth-order valence-electron chi connectivity index (χ4n) is 3.55. The molecule has 114 valence electrons. The SMILES string of the molecule is CC(C)C1C(=O)NC2(CCCC2)C(=O)N1Cc1cscn1. The van der Waals surface area contributed by atoms with Crippen LogP contribution in [0.5, 0.6) is 0 Å². The third kappa shape index (κ3) is 2.46. The molecule has 6 heteroatoms. The third-order valence-corrected chi connectivity index (χ3v) is 5.18. The molecule has 1 aromatic heterocycles. The van der Waals surface area contributed by atoms with Crippen molar-refractivity contribution in [3.8, 4) is 0 Å². The summed E-state index contributed by atoms with van der Waals surface area (Å²) < 4.78 is 0. The van der Waals surface area contributed by atoms with Gasteiger partial charge in [-0.3, -0.25) is 9.59 Å². The van der Waals surface area contributed by atoms with Crippen LogP contribution in [0.15, 0.2) is 10.9 Å². The summed E-state index contributed by atoms with van der Waals surface area (Å²) in [7, 11) is 0. The number of thiazole rings is 1. The highest BCUT2D eigenvalue weighted by Crippen LogP contribution is 2.36. The summed E-state index contributed by atoms with van der Waals surface area (Å²) >= 11 is 1.51. The van der Waals surface area contributed by atoms with Crippen LogP contribution >= 0.6 is 11.3 Å². The number of rotatable bonds is 3. The van der Waals surface area contributed by atoms with Crippen LogP contribution < -0.4 is 5.32 Å². The molecule has 1 saturated carbocycles. The molecule has 21 heavy (non-hydrogen) atoms. The number of hydrogen-bond acceptors (Lipinski definition) is 4. The van der Waals surface area contributed by atoms with Gasteiger partial charge in [0.15, 0.2) is 0 Å². The highest BCUT2D eigenvalue weighted by molar-refractivity contribution is 7.07. The molecule has 1 saturated heterocycles. The highest BCUT2D eigenvalue weighted by Gasteiger charge is 2.52. The maximum Gasteiger partial charge on any atom is 0.249 e.